The number of aliphatic hydroxyl groups is 4. The molecule has 0 aromatic heterocycles. The molecule has 0 aromatic carbocycles. The lowest BCUT2D eigenvalue weighted by Gasteiger charge is -2.41. The lowest BCUT2D eigenvalue weighted by Crippen LogP contribution is -2.61. The summed E-state index contributed by atoms with van der Waals surface area (Å²) in [5.74, 6) is -0.268. The molecule has 0 aliphatic carbocycles. The quantitative estimate of drug-likeness (QED) is 0.0294. The number of allylic oxidation sites excluding steroid dienone is 1. The second-order valence-electron chi connectivity index (χ2n) is 13.5. The molecule has 0 radical (unpaired) electrons. The van der Waals surface area contributed by atoms with Gasteiger partial charge in [-0.2, -0.15) is 8.42 Å². The lowest BCUT2D eigenvalue weighted by molar-refractivity contribution is -0.298. The van der Waals surface area contributed by atoms with Crippen LogP contribution >= 0.6 is 0 Å². The normalized spacial score (nSPS) is 22.8. The fourth-order valence-electron chi connectivity index (χ4n) is 6.04. The second-order valence-corrected chi connectivity index (χ2v) is 14.6. The standard InChI is InChI=1S/C36H69NO11S/c1-3-5-7-9-11-13-14-15-16-18-19-21-23-25-30(39)29(37-32(40)26-24-22-20-17-12-10-8-6-4-2)28-46-36-34(42)35(48-49(43,44)45)33(41)31(27-38)47-36/h23,25,29-31,33-36,38-39,41-42H,3-22,24,26-28H2,1-2H3,(H,37,40)(H,43,44,45)/b25-23+/t29-,30+,31?,33-,34?,35-,36+/m0/s1. The third-order valence-corrected chi connectivity index (χ3v) is 9.53. The molecule has 0 bridgehead atoms. The van der Waals surface area contributed by atoms with E-state index in [1.165, 1.54) is 89.9 Å². The van der Waals surface area contributed by atoms with Gasteiger partial charge in [-0.25, -0.2) is 4.18 Å². The summed E-state index contributed by atoms with van der Waals surface area (Å²) in [6.45, 7) is 3.32. The summed E-state index contributed by atoms with van der Waals surface area (Å²) in [7, 11) is -5.07. The van der Waals surface area contributed by atoms with Gasteiger partial charge < -0.3 is 35.2 Å². The van der Waals surface area contributed by atoms with Gasteiger partial charge in [-0.3, -0.25) is 9.35 Å². The maximum Gasteiger partial charge on any atom is 0.397 e. The van der Waals surface area contributed by atoms with Crippen molar-refractivity contribution in [1.29, 1.82) is 0 Å². The highest BCUT2D eigenvalue weighted by Gasteiger charge is 2.48. The minimum absolute atomic E-state index is 0.268. The molecular weight excluding hydrogens is 654 g/mol. The zero-order valence-corrected chi connectivity index (χ0v) is 31.1. The van der Waals surface area contributed by atoms with E-state index in [0.717, 1.165) is 38.5 Å². The number of carbonyl (C=O) groups excluding carboxylic acids is 1. The van der Waals surface area contributed by atoms with E-state index in [1.807, 2.05) is 6.08 Å². The molecule has 1 rings (SSSR count). The first-order valence-corrected chi connectivity index (χ1v) is 20.4. The maximum absolute atomic E-state index is 12.9. The average Bonchev–Trinajstić information content (AvgIpc) is 3.06. The molecule has 7 atom stereocenters. The topological polar surface area (TPSA) is 192 Å². The van der Waals surface area contributed by atoms with Gasteiger partial charge in [-0.1, -0.05) is 142 Å². The molecule has 1 amide bonds. The number of nitrogens with one attached hydrogen (secondary N) is 1. The van der Waals surface area contributed by atoms with Crippen LogP contribution in [0.2, 0.25) is 0 Å². The van der Waals surface area contributed by atoms with E-state index >= 15 is 0 Å². The van der Waals surface area contributed by atoms with Crippen LogP contribution in [0.25, 0.3) is 0 Å². The van der Waals surface area contributed by atoms with Gasteiger partial charge in [0.1, 0.15) is 24.4 Å². The molecule has 1 fully saturated rings. The predicted octanol–water partition coefficient (Wildman–Crippen LogP) is 5.65. The largest absolute Gasteiger partial charge is 0.397 e. The van der Waals surface area contributed by atoms with Crippen molar-refractivity contribution in [2.24, 2.45) is 0 Å². The number of hydrogen-bond acceptors (Lipinski definition) is 10. The maximum atomic E-state index is 12.9. The number of carbonyl (C=O) groups is 1. The van der Waals surface area contributed by atoms with Crippen molar-refractivity contribution in [2.75, 3.05) is 13.2 Å². The minimum Gasteiger partial charge on any atom is -0.394 e. The SMILES string of the molecule is CCCCCCCCCCCCC/C=C/[C@@H](O)[C@H](CO[C@@H]1OC(CO)[C@H](O)[C@H](OS(=O)(=O)O)C1O)NC(=O)CCCCCCCCCCC. The molecule has 49 heavy (non-hydrogen) atoms. The average molecular weight is 724 g/mol. The van der Waals surface area contributed by atoms with Crippen molar-refractivity contribution in [2.45, 2.75) is 198 Å². The van der Waals surface area contributed by atoms with Gasteiger partial charge in [0.25, 0.3) is 0 Å². The number of aliphatic hydroxyl groups excluding tert-OH is 4. The zero-order valence-electron chi connectivity index (χ0n) is 30.3. The van der Waals surface area contributed by atoms with E-state index in [0.29, 0.717) is 6.42 Å². The molecule has 1 aliphatic rings. The number of amides is 1. The molecule has 12 nitrogen and oxygen atoms in total. The lowest BCUT2D eigenvalue weighted by atomic mass is 9.99. The zero-order chi connectivity index (χ0) is 36.3. The van der Waals surface area contributed by atoms with Crippen LogP contribution in [0, 0.1) is 0 Å². The van der Waals surface area contributed by atoms with E-state index in [1.54, 1.807) is 6.08 Å². The Bertz CT molecular complexity index is 951. The Labute approximate surface area is 296 Å². The van der Waals surface area contributed by atoms with Crippen LogP contribution in [-0.2, 0) is 28.9 Å². The van der Waals surface area contributed by atoms with Crippen molar-refractivity contribution in [3.05, 3.63) is 12.2 Å². The van der Waals surface area contributed by atoms with Crippen LogP contribution in [0.15, 0.2) is 12.2 Å². The Kier molecular flexibility index (Phi) is 26.6. The number of hydrogen-bond donors (Lipinski definition) is 6. The van der Waals surface area contributed by atoms with Crippen molar-refractivity contribution >= 4 is 16.3 Å². The van der Waals surface area contributed by atoms with Crippen LogP contribution in [0.3, 0.4) is 0 Å². The van der Waals surface area contributed by atoms with Crippen LogP contribution < -0.4 is 5.32 Å². The van der Waals surface area contributed by atoms with Gasteiger partial charge in [0, 0.05) is 6.42 Å². The Morgan fingerprint density at radius 2 is 1.29 bits per heavy atom. The highest BCUT2D eigenvalue weighted by Crippen LogP contribution is 2.26. The summed E-state index contributed by atoms with van der Waals surface area (Å²) < 4.78 is 47.3. The first kappa shape index (κ1) is 45.9. The third kappa shape index (κ3) is 22.4. The van der Waals surface area contributed by atoms with Gasteiger partial charge in [0.15, 0.2) is 6.29 Å². The summed E-state index contributed by atoms with van der Waals surface area (Å²) in [5, 5.41) is 44.3. The van der Waals surface area contributed by atoms with Crippen LogP contribution in [0.5, 0.6) is 0 Å². The number of rotatable bonds is 31. The monoisotopic (exact) mass is 723 g/mol. The summed E-state index contributed by atoms with van der Waals surface area (Å²) in [6.07, 6.45) is 18.4. The van der Waals surface area contributed by atoms with E-state index in [-0.39, 0.29) is 18.9 Å². The summed E-state index contributed by atoms with van der Waals surface area (Å²) in [4.78, 5) is 12.9. The van der Waals surface area contributed by atoms with Crippen LogP contribution in [0.4, 0.5) is 0 Å². The van der Waals surface area contributed by atoms with E-state index < -0.39 is 59.9 Å². The fourth-order valence-corrected chi connectivity index (χ4v) is 6.55. The van der Waals surface area contributed by atoms with Crippen molar-refractivity contribution in [3.8, 4) is 0 Å². The van der Waals surface area contributed by atoms with E-state index in [4.69, 9.17) is 14.0 Å². The van der Waals surface area contributed by atoms with Gasteiger partial charge in [0.2, 0.25) is 5.91 Å². The highest BCUT2D eigenvalue weighted by molar-refractivity contribution is 7.80. The smallest absolute Gasteiger partial charge is 0.394 e. The highest BCUT2D eigenvalue weighted by atomic mass is 32.3. The molecule has 0 spiro atoms. The van der Waals surface area contributed by atoms with Crippen LogP contribution in [-0.4, -0.2) is 95.4 Å². The second kappa shape index (κ2) is 28.4. The molecule has 1 saturated heterocycles. The molecular formula is C36H69NO11S. The van der Waals surface area contributed by atoms with Gasteiger partial charge in [0.05, 0.1) is 25.4 Å². The minimum atomic E-state index is -5.07. The first-order chi connectivity index (χ1) is 23.5. The molecule has 1 aliphatic heterocycles. The van der Waals surface area contributed by atoms with E-state index in [9.17, 15) is 33.6 Å². The van der Waals surface area contributed by atoms with Gasteiger partial charge >= 0.3 is 10.4 Å². The summed E-state index contributed by atoms with van der Waals surface area (Å²) in [6, 6.07) is -0.934. The number of ether oxygens (including phenoxy) is 2. The molecule has 13 heteroatoms. The van der Waals surface area contributed by atoms with Gasteiger partial charge in [-0.15, -0.1) is 0 Å². The van der Waals surface area contributed by atoms with E-state index in [2.05, 4.69) is 23.3 Å². The molecule has 6 N–H and O–H groups in total. The molecule has 2 unspecified atom stereocenters. The van der Waals surface area contributed by atoms with Crippen molar-refractivity contribution in [3.63, 3.8) is 0 Å². The Balaban J connectivity index is 2.66. The van der Waals surface area contributed by atoms with Crippen LogP contribution in [0.1, 0.15) is 155 Å². The van der Waals surface area contributed by atoms with Crippen molar-refractivity contribution in [1.82, 2.24) is 5.32 Å². The Morgan fingerprint density at radius 1 is 0.796 bits per heavy atom. The van der Waals surface area contributed by atoms with Crippen molar-refractivity contribution < 1.29 is 51.8 Å². The first-order valence-electron chi connectivity index (χ1n) is 19.1. The summed E-state index contributed by atoms with van der Waals surface area (Å²) >= 11 is 0. The Morgan fingerprint density at radius 3 is 1.78 bits per heavy atom. The molecule has 0 aromatic rings. The third-order valence-electron chi connectivity index (χ3n) is 9.07. The Hall–Kier alpha value is -1.16. The summed E-state index contributed by atoms with van der Waals surface area (Å²) in [5.41, 5.74) is 0. The van der Waals surface area contributed by atoms with Gasteiger partial charge in [-0.05, 0) is 19.3 Å². The molecule has 0 saturated carbocycles. The molecule has 290 valence electrons. The molecule has 1 heterocycles. The predicted molar refractivity (Wildman–Crippen MR) is 190 cm³/mol. The fraction of sp³-hybridized carbons (Fsp3) is 0.917. The number of unbranched alkanes of at least 4 members (excludes halogenated alkanes) is 19.